The van der Waals surface area contributed by atoms with Crippen molar-refractivity contribution >= 4 is 37.5 Å². The van der Waals surface area contributed by atoms with Crippen LogP contribution in [0.2, 0.25) is 0 Å². The molecule has 0 aromatic heterocycles. The molecule has 2 aromatic rings. The molecule has 7 nitrogen and oxygen atoms in total. The smallest absolute Gasteiger partial charge is 0.262 e. The molecule has 1 unspecified atom stereocenters. The fraction of sp³-hybridized carbons (Fsp3) is 0.381. The number of aryl methyl sites for hydroxylation is 1. The SMILES string of the molecule is CCc1ccc(OCC(=O)Nc2ccc(S(=O)(=O)NCC3CCCO3)cc2)c(Br)c1. The minimum absolute atomic E-state index is 0.0726. The lowest BCUT2D eigenvalue weighted by molar-refractivity contribution is -0.118. The molecule has 0 saturated carbocycles. The Bertz CT molecular complexity index is 973. The van der Waals surface area contributed by atoms with Crippen LogP contribution >= 0.6 is 15.9 Å². The lowest BCUT2D eigenvalue weighted by Gasteiger charge is -2.12. The number of ether oxygens (including phenoxy) is 2. The van der Waals surface area contributed by atoms with Crippen LogP contribution < -0.4 is 14.8 Å². The van der Waals surface area contributed by atoms with Gasteiger partial charge in [0.15, 0.2) is 6.61 Å². The molecule has 1 aliphatic heterocycles. The highest BCUT2D eigenvalue weighted by Crippen LogP contribution is 2.26. The molecular weight excluding hydrogens is 472 g/mol. The monoisotopic (exact) mass is 496 g/mol. The van der Waals surface area contributed by atoms with E-state index >= 15 is 0 Å². The summed E-state index contributed by atoms with van der Waals surface area (Å²) in [7, 11) is -3.62. The Morgan fingerprint density at radius 3 is 2.63 bits per heavy atom. The molecule has 1 amide bonds. The average Bonchev–Trinajstić information content (AvgIpc) is 3.25. The number of halogens is 1. The number of nitrogens with one attached hydrogen (secondary N) is 2. The van der Waals surface area contributed by atoms with Crippen LogP contribution in [0.1, 0.15) is 25.3 Å². The van der Waals surface area contributed by atoms with Gasteiger partial charge in [-0.05, 0) is 77.2 Å². The van der Waals surface area contributed by atoms with Gasteiger partial charge in [0.05, 0.1) is 15.5 Å². The van der Waals surface area contributed by atoms with E-state index in [0.717, 1.165) is 23.7 Å². The second-order valence-electron chi connectivity index (χ2n) is 6.97. The zero-order valence-electron chi connectivity index (χ0n) is 16.7. The van der Waals surface area contributed by atoms with Crippen molar-refractivity contribution < 1.29 is 22.7 Å². The lowest BCUT2D eigenvalue weighted by atomic mass is 10.2. The highest BCUT2D eigenvalue weighted by atomic mass is 79.9. The summed E-state index contributed by atoms with van der Waals surface area (Å²) in [5.41, 5.74) is 1.65. The van der Waals surface area contributed by atoms with Crippen molar-refractivity contribution in [3.05, 3.63) is 52.5 Å². The topological polar surface area (TPSA) is 93.7 Å². The van der Waals surface area contributed by atoms with Gasteiger partial charge < -0.3 is 14.8 Å². The molecule has 1 aliphatic rings. The van der Waals surface area contributed by atoms with Crippen LogP contribution in [0.25, 0.3) is 0 Å². The van der Waals surface area contributed by atoms with E-state index in [-0.39, 0.29) is 30.1 Å². The Labute approximate surface area is 185 Å². The first-order chi connectivity index (χ1) is 14.4. The van der Waals surface area contributed by atoms with E-state index in [0.29, 0.717) is 18.0 Å². The first-order valence-electron chi connectivity index (χ1n) is 9.80. The van der Waals surface area contributed by atoms with E-state index in [2.05, 4.69) is 32.9 Å². The maximum absolute atomic E-state index is 12.4. The van der Waals surface area contributed by atoms with Crippen molar-refractivity contribution in [3.63, 3.8) is 0 Å². The predicted octanol–water partition coefficient (Wildman–Crippen LogP) is 3.49. The predicted molar refractivity (Wildman–Crippen MR) is 118 cm³/mol. The van der Waals surface area contributed by atoms with E-state index < -0.39 is 10.0 Å². The molecule has 0 bridgehead atoms. The first kappa shape index (κ1) is 22.7. The zero-order chi connectivity index (χ0) is 21.6. The molecule has 1 atom stereocenters. The van der Waals surface area contributed by atoms with Crippen LogP contribution in [0.4, 0.5) is 5.69 Å². The quantitative estimate of drug-likeness (QED) is 0.554. The van der Waals surface area contributed by atoms with Crippen LogP contribution in [0.15, 0.2) is 51.8 Å². The van der Waals surface area contributed by atoms with E-state index in [1.165, 1.54) is 17.7 Å². The fourth-order valence-electron chi connectivity index (χ4n) is 3.03. The number of carbonyl (C=O) groups excluding carboxylic acids is 1. The molecule has 1 heterocycles. The molecule has 3 rings (SSSR count). The largest absolute Gasteiger partial charge is 0.483 e. The normalized spacial score (nSPS) is 16.4. The average molecular weight is 497 g/mol. The molecular formula is C21H25BrN2O5S. The molecule has 0 aliphatic carbocycles. The van der Waals surface area contributed by atoms with Crippen molar-refractivity contribution in [1.29, 1.82) is 0 Å². The van der Waals surface area contributed by atoms with E-state index in [1.807, 2.05) is 18.2 Å². The molecule has 1 saturated heterocycles. The van der Waals surface area contributed by atoms with Crippen molar-refractivity contribution in [2.45, 2.75) is 37.2 Å². The van der Waals surface area contributed by atoms with Gasteiger partial charge in [-0.2, -0.15) is 0 Å². The third kappa shape index (κ3) is 6.28. The number of rotatable bonds is 9. The summed E-state index contributed by atoms with van der Waals surface area (Å²) in [6.07, 6.45) is 2.64. The van der Waals surface area contributed by atoms with Gasteiger partial charge in [0.1, 0.15) is 5.75 Å². The summed E-state index contributed by atoms with van der Waals surface area (Å²) in [5, 5.41) is 2.70. The first-order valence-corrected chi connectivity index (χ1v) is 12.1. The standard InChI is InChI=1S/C21H25BrN2O5S/c1-2-15-5-10-20(19(22)12-15)29-14-21(25)24-16-6-8-18(9-7-16)30(26,27)23-13-17-4-3-11-28-17/h5-10,12,17,23H,2-4,11,13-14H2,1H3,(H,24,25). The van der Waals surface area contributed by atoms with Crippen molar-refractivity contribution in [2.75, 3.05) is 25.1 Å². The van der Waals surface area contributed by atoms with Crippen LogP contribution in [-0.2, 0) is 26.0 Å². The summed E-state index contributed by atoms with van der Waals surface area (Å²) in [6.45, 7) is 2.83. The molecule has 30 heavy (non-hydrogen) atoms. The van der Waals surface area contributed by atoms with Gasteiger partial charge in [-0.25, -0.2) is 13.1 Å². The van der Waals surface area contributed by atoms with Gasteiger partial charge in [-0.1, -0.05) is 13.0 Å². The number of sulfonamides is 1. The number of benzene rings is 2. The third-order valence-corrected chi connectivity index (χ3v) is 6.80. The van der Waals surface area contributed by atoms with Gasteiger partial charge in [-0.3, -0.25) is 4.79 Å². The number of carbonyl (C=O) groups is 1. The summed E-state index contributed by atoms with van der Waals surface area (Å²) in [6, 6.07) is 11.7. The third-order valence-electron chi connectivity index (χ3n) is 4.74. The Hall–Kier alpha value is -1.94. The maximum Gasteiger partial charge on any atom is 0.262 e. The number of hydrogen-bond donors (Lipinski definition) is 2. The molecule has 1 fully saturated rings. The van der Waals surface area contributed by atoms with E-state index in [1.54, 1.807) is 12.1 Å². The summed E-state index contributed by atoms with van der Waals surface area (Å²) in [5.74, 6) is 0.245. The van der Waals surface area contributed by atoms with E-state index in [4.69, 9.17) is 9.47 Å². The van der Waals surface area contributed by atoms with Crippen molar-refractivity contribution in [1.82, 2.24) is 4.72 Å². The van der Waals surface area contributed by atoms with Crippen LogP contribution in [0, 0.1) is 0 Å². The Morgan fingerprint density at radius 2 is 2.00 bits per heavy atom. The molecule has 0 spiro atoms. The van der Waals surface area contributed by atoms with Gasteiger partial charge in [0, 0.05) is 18.8 Å². The van der Waals surface area contributed by atoms with Gasteiger partial charge in [0.2, 0.25) is 10.0 Å². The summed E-state index contributed by atoms with van der Waals surface area (Å²) in [4.78, 5) is 12.3. The minimum Gasteiger partial charge on any atom is -0.483 e. The van der Waals surface area contributed by atoms with Crippen LogP contribution in [0.5, 0.6) is 5.75 Å². The number of amides is 1. The number of hydrogen-bond acceptors (Lipinski definition) is 5. The molecule has 162 valence electrons. The van der Waals surface area contributed by atoms with Crippen molar-refractivity contribution in [3.8, 4) is 5.75 Å². The van der Waals surface area contributed by atoms with Crippen molar-refractivity contribution in [2.24, 2.45) is 0 Å². The zero-order valence-corrected chi connectivity index (χ0v) is 19.1. The molecule has 2 aromatic carbocycles. The van der Waals surface area contributed by atoms with E-state index in [9.17, 15) is 13.2 Å². The summed E-state index contributed by atoms with van der Waals surface area (Å²) < 4.78 is 39.1. The molecule has 0 radical (unpaired) electrons. The Kier molecular flexibility index (Phi) is 7.87. The minimum atomic E-state index is -3.62. The van der Waals surface area contributed by atoms with Gasteiger partial charge >= 0.3 is 0 Å². The fourth-order valence-corrected chi connectivity index (χ4v) is 4.64. The van der Waals surface area contributed by atoms with Gasteiger partial charge in [0.25, 0.3) is 5.91 Å². The Morgan fingerprint density at radius 1 is 1.23 bits per heavy atom. The van der Waals surface area contributed by atoms with Crippen LogP contribution in [-0.4, -0.2) is 40.2 Å². The second-order valence-corrected chi connectivity index (χ2v) is 9.59. The van der Waals surface area contributed by atoms with Gasteiger partial charge in [-0.15, -0.1) is 0 Å². The van der Waals surface area contributed by atoms with Crippen LogP contribution in [0.3, 0.4) is 0 Å². The summed E-state index contributed by atoms with van der Waals surface area (Å²) >= 11 is 3.44. The molecule has 2 N–H and O–H groups in total. The highest BCUT2D eigenvalue weighted by molar-refractivity contribution is 9.10. The second kappa shape index (κ2) is 10.4. The Balaban J connectivity index is 1.51. The lowest BCUT2D eigenvalue weighted by Crippen LogP contribution is -2.31. The maximum atomic E-state index is 12.4. The highest BCUT2D eigenvalue weighted by Gasteiger charge is 2.20. The molecule has 9 heteroatoms. The number of anilines is 1.